The summed E-state index contributed by atoms with van der Waals surface area (Å²) in [5.41, 5.74) is 2.97. The highest BCUT2D eigenvalue weighted by atomic mass is 19.1. The van der Waals surface area contributed by atoms with Crippen molar-refractivity contribution >= 4 is 0 Å². The van der Waals surface area contributed by atoms with Crippen LogP contribution in [0.4, 0.5) is 8.78 Å². The minimum Gasteiger partial charge on any atom is -0.489 e. The van der Waals surface area contributed by atoms with Gasteiger partial charge in [-0.2, -0.15) is 0 Å². The molecule has 0 heterocycles. The highest BCUT2D eigenvalue weighted by molar-refractivity contribution is 5.33. The second-order valence-corrected chi connectivity index (χ2v) is 5.75. The van der Waals surface area contributed by atoms with Crippen molar-refractivity contribution in [3.8, 4) is 5.75 Å². The Morgan fingerprint density at radius 3 is 1.96 bits per heavy atom. The Balaban J connectivity index is 1.56. The van der Waals surface area contributed by atoms with Gasteiger partial charge >= 0.3 is 0 Å². The maximum absolute atomic E-state index is 12.9. The maximum atomic E-state index is 12.9. The van der Waals surface area contributed by atoms with Crippen LogP contribution in [-0.2, 0) is 19.7 Å². The van der Waals surface area contributed by atoms with E-state index in [2.05, 4.69) is 5.32 Å². The van der Waals surface area contributed by atoms with Gasteiger partial charge in [0.1, 0.15) is 24.0 Å². The third-order valence-electron chi connectivity index (χ3n) is 3.84. The molecule has 128 valence electrons. The van der Waals surface area contributed by atoms with E-state index in [1.807, 2.05) is 24.3 Å². The minimum absolute atomic E-state index is 0.233. The van der Waals surface area contributed by atoms with Gasteiger partial charge in [0.2, 0.25) is 0 Å². The lowest BCUT2D eigenvalue weighted by molar-refractivity contribution is 0.302. The van der Waals surface area contributed by atoms with Gasteiger partial charge in [-0.3, -0.25) is 0 Å². The van der Waals surface area contributed by atoms with Gasteiger partial charge in [-0.1, -0.05) is 42.5 Å². The standard InChI is InChI=1S/C21H19F2NO/c22-19-9-5-16(6-10-19)13-24-14-18-3-1-2-4-21(18)25-15-17-7-11-20(23)12-8-17/h1-12,24H,13-15H2. The van der Waals surface area contributed by atoms with Crippen molar-refractivity contribution in [2.75, 3.05) is 0 Å². The number of hydrogen-bond acceptors (Lipinski definition) is 2. The second kappa shape index (κ2) is 8.40. The predicted molar refractivity (Wildman–Crippen MR) is 94.1 cm³/mol. The average molecular weight is 339 g/mol. The Kier molecular flexibility index (Phi) is 5.75. The Morgan fingerprint density at radius 2 is 1.28 bits per heavy atom. The van der Waals surface area contributed by atoms with E-state index in [1.165, 1.54) is 24.3 Å². The third-order valence-corrected chi connectivity index (χ3v) is 3.84. The monoisotopic (exact) mass is 339 g/mol. The fourth-order valence-corrected chi connectivity index (χ4v) is 2.48. The molecular formula is C21H19F2NO. The van der Waals surface area contributed by atoms with Crippen LogP contribution in [0.3, 0.4) is 0 Å². The molecule has 0 saturated carbocycles. The van der Waals surface area contributed by atoms with E-state index in [0.29, 0.717) is 19.7 Å². The lowest BCUT2D eigenvalue weighted by atomic mass is 10.1. The van der Waals surface area contributed by atoms with Crippen molar-refractivity contribution in [3.05, 3.63) is 101 Å². The zero-order chi connectivity index (χ0) is 17.5. The third kappa shape index (κ3) is 5.13. The highest BCUT2D eigenvalue weighted by Gasteiger charge is 2.04. The Hall–Kier alpha value is -2.72. The van der Waals surface area contributed by atoms with Crippen LogP contribution < -0.4 is 10.1 Å². The fraction of sp³-hybridized carbons (Fsp3) is 0.143. The number of rotatable bonds is 7. The predicted octanol–water partition coefficient (Wildman–Crippen LogP) is 4.83. The first-order valence-corrected chi connectivity index (χ1v) is 8.11. The SMILES string of the molecule is Fc1ccc(CNCc2ccccc2OCc2ccc(F)cc2)cc1. The van der Waals surface area contributed by atoms with E-state index < -0.39 is 0 Å². The van der Waals surface area contributed by atoms with Crippen LogP contribution in [0.5, 0.6) is 5.75 Å². The molecule has 3 aromatic carbocycles. The molecule has 0 fully saturated rings. The van der Waals surface area contributed by atoms with Gasteiger partial charge in [-0.15, -0.1) is 0 Å². The van der Waals surface area contributed by atoms with Crippen LogP contribution >= 0.6 is 0 Å². The van der Waals surface area contributed by atoms with Gasteiger partial charge < -0.3 is 10.1 Å². The number of hydrogen-bond donors (Lipinski definition) is 1. The van der Waals surface area contributed by atoms with Crippen molar-refractivity contribution < 1.29 is 13.5 Å². The van der Waals surface area contributed by atoms with E-state index in [1.54, 1.807) is 24.3 Å². The van der Waals surface area contributed by atoms with Gasteiger partial charge in [-0.25, -0.2) is 8.78 Å². The van der Waals surface area contributed by atoms with Crippen molar-refractivity contribution in [1.29, 1.82) is 0 Å². The summed E-state index contributed by atoms with van der Waals surface area (Å²) in [6, 6.07) is 20.5. The molecule has 0 bridgehead atoms. The van der Waals surface area contributed by atoms with Crippen LogP contribution in [0.1, 0.15) is 16.7 Å². The van der Waals surface area contributed by atoms with E-state index in [0.717, 1.165) is 22.4 Å². The molecule has 0 aliphatic rings. The van der Waals surface area contributed by atoms with Crippen LogP contribution in [0, 0.1) is 11.6 Å². The molecule has 0 atom stereocenters. The first-order chi connectivity index (χ1) is 12.2. The molecule has 0 amide bonds. The molecule has 0 aliphatic heterocycles. The van der Waals surface area contributed by atoms with Crippen LogP contribution in [-0.4, -0.2) is 0 Å². The quantitative estimate of drug-likeness (QED) is 0.665. The Morgan fingerprint density at radius 1 is 0.680 bits per heavy atom. The van der Waals surface area contributed by atoms with Crippen LogP contribution in [0.2, 0.25) is 0 Å². The summed E-state index contributed by atoms with van der Waals surface area (Å²) in [7, 11) is 0. The second-order valence-electron chi connectivity index (χ2n) is 5.75. The first kappa shape index (κ1) is 17.1. The zero-order valence-electron chi connectivity index (χ0n) is 13.7. The molecule has 1 N–H and O–H groups in total. The van der Waals surface area contributed by atoms with Crippen LogP contribution in [0.15, 0.2) is 72.8 Å². The van der Waals surface area contributed by atoms with E-state index >= 15 is 0 Å². The van der Waals surface area contributed by atoms with E-state index in [4.69, 9.17) is 4.74 Å². The zero-order valence-corrected chi connectivity index (χ0v) is 13.7. The molecule has 0 spiro atoms. The number of para-hydroxylation sites is 1. The minimum atomic E-state index is -0.255. The fourth-order valence-electron chi connectivity index (χ4n) is 2.48. The molecule has 4 heteroatoms. The van der Waals surface area contributed by atoms with Gasteiger partial charge in [-0.05, 0) is 41.5 Å². The van der Waals surface area contributed by atoms with E-state index in [9.17, 15) is 8.78 Å². The summed E-state index contributed by atoms with van der Waals surface area (Å²) in [5.74, 6) is 0.302. The Bertz CT molecular complexity index is 801. The van der Waals surface area contributed by atoms with Gasteiger partial charge in [0.05, 0.1) is 0 Å². The van der Waals surface area contributed by atoms with Crippen molar-refractivity contribution in [2.45, 2.75) is 19.7 Å². The summed E-state index contributed by atoms with van der Waals surface area (Å²) in [4.78, 5) is 0. The largest absolute Gasteiger partial charge is 0.489 e. The summed E-state index contributed by atoms with van der Waals surface area (Å²) in [6.45, 7) is 1.67. The molecule has 2 nitrogen and oxygen atoms in total. The maximum Gasteiger partial charge on any atom is 0.124 e. The van der Waals surface area contributed by atoms with Crippen LogP contribution in [0.25, 0.3) is 0 Å². The highest BCUT2D eigenvalue weighted by Crippen LogP contribution is 2.19. The number of benzene rings is 3. The smallest absolute Gasteiger partial charge is 0.124 e. The number of nitrogens with one attached hydrogen (secondary N) is 1. The number of halogens is 2. The molecule has 3 rings (SSSR count). The number of ether oxygens (including phenoxy) is 1. The van der Waals surface area contributed by atoms with Crippen molar-refractivity contribution in [2.24, 2.45) is 0 Å². The van der Waals surface area contributed by atoms with E-state index in [-0.39, 0.29) is 11.6 Å². The van der Waals surface area contributed by atoms with Gasteiger partial charge in [0.25, 0.3) is 0 Å². The molecule has 0 saturated heterocycles. The van der Waals surface area contributed by atoms with Crippen molar-refractivity contribution in [3.63, 3.8) is 0 Å². The molecule has 0 radical (unpaired) electrons. The Labute approximate surface area is 146 Å². The normalized spacial score (nSPS) is 10.6. The summed E-state index contributed by atoms with van der Waals surface area (Å²) >= 11 is 0. The van der Waals surface area contributed by atoms with Crippen molar-refractivity contribution in [1.82, 2.24) is 5.32 Å². The van der Waals surface area contributed by atoms with Gasteiger partial charge in [0, 0.05) is 18.7 Å². The molecule has 3 aromatic rings. The lowest BCUT2D eigenvalue weighted by Gasteiger charge is -2.12. The summed E-state index contributed by atoms with van der Waals surface area (Å²) in [6.07, 6.45) is 0. The molecule has 25 heavy (non-hydrogen) atoms. The molecule has 0 aromatic heterocycles. The first-order valence-electron chi connectivity index (χ1n) is 8.11. The van der Waals surface area contributed by atoms with Gasteiger partial charge in [0.15, 0.2) is 0 Å². The summed E-state index contributed by atoms with van der Waals surface area (Å²) in [5, 5.41) is 3.33. The average Bonchev–Trinajstić information content (AvgIpc) is 2.64. The lowest BCUT2D eigenvalue weighted by Crippen LogP contribution is -2.13. The summed E-state index contributed by atoms with van der Waals surface area (Å²) < 4.78 is 31.7. The topological polar surface area (TPSA) is 21.3 Å². The molecule has 0 unspecified atom stereocenters. The molecular weight excluding hydrogens is 320 g/mol. The molecule has 0 aliphatic carbocycles.